The Kier molecular flexibility index (Phi) is 4.43. The van der Waals surface area contributed by atoms with Crippen LogP contribution in [0.4, 0.5) is 5.69 Å². The fraction of sp³-hybridized carbons (Fsp3) is 0.533. The highest BCUT2D eigenvalue weighted by Crippen LogP contribution is 2.18. The number of esters is 1. The Morgan fingerprint density at radius 1 is 1.26 bits per heavy atom. The molecule has 0 aliphatic carbocycles. The highest BCUT2D eigenvalue weighted by molar-refractivity contribution is 5.89. The molecule has 104 valence electrons. The number of carbonyl (C=O) groups excluding carboxylic acids is 1. The quantitative estimate of drug-likeness (QED) is 0.828. The second-order valence-corrected chi connectivity index (χ2v) is 5.24. The minimum Gasteiger partial charge on any atom is -0.465 e. The first-order valence-electron chi connectivity index (χ1n) is 6.79. The third-order valence-corrected chi connectivity index (χ3v) is 3.55. The number of rotatable bonds is 2. The largest absolute Gasteiger partial charge is 0.465 e. The van der Waals surface area contributed by atoms with E-state index in [1.54, 1.807) is 0 Å². The molecule has 2 atom stereocenters. The molecule has 1 aliphatic rings. The molecule has 0 bridgehead atoms. The number of nitrogens with zero attached hydrogens (tertiary/aromatic N) is 1. The Bertz CT molecular complexity index is 430. The van der Waals surface area contributed by atoms with Gasteiger partial charge < -0.3 is 15.0 Å². The third-order valence-electron chi connectivity index (χ3n) is 3.55. The van der Waals surface area contributed by atoms with E-state index in [2.05, 4.69) is 24.1 Å². The van der Waals surface area contributed by atoms with Crippen LogP contribution in [0.5, 0.6) is 0 Å². The molecule has 0 amide bonds. The molecule has 4 heteroatoms. The van der Waals surface area contributed by atoms with Crippen molar-refractivity contribution in [2.75, 3.05) is 25.1 Å². The van der Waals surface area contributed by atoms with Gasteiger partial charge in [0.05, 0.1) is 12.7 Å². The van der Waals surface area contributed by atoms with Gasteiger partial charge in [0.2, 0.25) is 0 Å². The molecule has 2 unspecified atom stereocenters. The van der Waals surface area contributed by atoms with Crippen LogP contribution in [0.2, 0.25) is 0 Å². The Balaban J connectivity index is 2.10. The number of benzene rings is 1. The Labute approximate surface area is 114 Å². The summed E-state index contributed by atoms with van der Waals surface area (Å²) < 4.78 is 4.71. The van der Waals surface area contributed by atoms with Gasteiger partial charge >= 0.3 is 5.97 Å². The van der Waals surface area contributed by atoms with Crippen molar-refractivity contribution in [1.29, 1.82) is 0 Å². The lowest BCUT2D eigenvalue weighted by Gasteiger charge is -2.24. The van der Waals surface area contributed by atoms with Crippen molar-refractivity contribution >= 4 is 11.7 Å². The Morgan fingerprint density at radius 3 is 2.58 bits per heavy atom. The van der Waals surface area contributed by atoms with Gasteiger partial charge in [-0.2, -0.15) is 0 Å². The maximum atomic E-state index is 11.4. The molecule has 1 fully saturated rings. The molecule has 1 heterocycles. The summed E-state index contributed by atoms with van der Waals surface area (Å²) in [5, 5.41) is 3.56. The Morgan fingerprint density at radius 2 is 1.95 bits per heavy atom. The minimum atomic E-state index is -0.286. The summed E-state index contributed by atoms with van der Waals surface area (Å²) in [4.78, 5) is 13.8. The number of hydrogen-bond donors (Lipinski definition) is 1. The van der Waals surface area contributed by atoms with Gasteiger partial charge in [-0.3, -0.25) is 0 Å². The number of hydrogen-bond acceptors (Lipinski definition) is 4. The first kappa shape index (κ1) is 13.9. The molecule has 1 saturated heterocycles. The average molecular weight is 262 g/mol. The molecule has 19 heavy (non-hydrogen) atoms. The van der Waals surface area contributed by atoms with Crippen molar-refractivity contribution < 1.29 is 9.53 Å². The molecule has 1 aromatic rings. The normalized spacial score (nSPS) is 23.8. The summed E-state index contributed by atoms with van der Waals surface area (Å²) in [5.41, 5.74) is 1.76. The van der Waals surface area contributed by atoms with Crippen molar-refractivity contribution in [1.82, 2.24) is 5.32 Å². The summed E-state index contributed by atoms with van der Waals surface area (Å²) in [6.07, 6.45) is 1.13. The smallest absolute Gasteiger partial charge is 0.337 e. The second kappa shape index (κ2) is 6.06. The van der Waals surface area contributed by atoms with Gasteiger partial charge in [0.15, 0.2) is 0 Å². The number of ether oxygens (including phenoxy) is 1. The van der Waals surface area contributed by atoms with Crippen molar-refractivity contribution in [3.63, 3.8) is 0 Å². The number of carbonyl (C=O) groups is 1. The van der Waals surface area contributed by atoms with Crippen LogP contribution >= 0.6 is 0 Å². The standard InChI is InChI=1S/C15H22N2O2/c1-11-8-9-17(10-12(2)16-11)14-6-4-13(5-7-14)15(18)19-3/h4-7,11-12,16H,8-10H2,1-3H3. The molecule has 0 spiro atoms. The molecule has 1 N–H and O–H groups in total. The van der Waals surface area contributed by atoms with Crippen molar-refractivity contribution in [2.24, 2.45) is 0 Å². The molecule has 2 rings (SSSR count). The number of methoxy groups -OCH3 is 1. The van der Waals surface area contributed by atoms with E-state index in [4.69, 9.17) is 4.74 Å². The summed E-state index contributed by atoms with van der Waals surface area (Å²) >= 11 is 0. The fourth-order valence-corrected chi connectivity index (χ4v) is 2.55. The van der Waals surface area contributed by atoms with Crippen LogP contribution in [0.15, 0.2) is 24.3 Å². The highest BCUT2D eigenvalue weighted by atomic mass is 16.5. The molecule has 0 saturated carbocycles. The zero-order valence-electron chi connectivity index (χ0n) is 11.8. The fourth-order valence-electron chi connectivity index (χ4n) is 2.55. The van der Waals surface area contributed by atoms with Gasteiger partial charge in [0.1, 0.15) is 0 Å². The van der Waals surface area contributed by atoms with Crippen molar-refractivity contribution in [3.8, 4) is 0 Å². The molecule has 1 aromatic carbocycles. The van der Waals surface area contributed by atoms with Gasteiger partial charge in [-0.05, 0) is 44.5 Å². The maximum Gasteiger partial charge on any atom is 0.337 e. The zero-order valence-corrected chi connectivity index (χ0v) is 11.8. The van der Waals surface area contributed by atoms with Gasteiger partial charge in [0.25, 0.3) is 0 Å². The lowest BCUT2D eigenvalue weighted by molar-refractivity contribution is 0.0601. The number of anilines is 1. The highest BCUT2D eigenvalue weighted by Gasteiger charge is 2.18. The van der Waals surface area contributed by atoms with Gasteiger partial charge in [-0.25, -0.2) is 4.79 Å². The third kappa shape index (κ3) is 3.47. The summed E-state index contributed by atoms with van der Waals surface area (Å²) in [7, 11) is 1.40. The summed E-state index contributed by atoms with van der Waals surface area (Å²) in [5.74, 6) is -0.286. The van der Waals surface area contributed by atoms with Crippen LogP contribution in [0.1, 0.15) is 30.6 Å². The maximum absolute atomic E-state index is 11.4. The monoisotopic (exact) mass is 262 g/mol. The summed E-state index contributed by atoms with van der Waals surface area (Å²) in [6, 6.07) is 8.66. The van der Waals surface area contributed by atoms with E-state index in [9.17, 15) is 4.79 Å². The first-order chi connectivity index (χ1) is 9.10. The predicted molar refractivity (Wildman–Crippen MR) is 76.7 cm³/mol. The van der Waals surface area contributed by atoms with E-state index in [0.717, 1.165) is 25.2 Å². The zero-order chi connectivity index (χ0) is 13.8. The molecular formula is C15H22N2O2. The molecule has 0 radical (unpaired) electrons. The van der Waals surface area contributed by atoms with Crippen LogP contribution in [0.25, 0.3) is 0 Å². The average Bonchev–Trinajstić information content (AvgIpc) is 2.59. The molecule has 0 aromatic heterocycles. The van der Waals surface area contributed by atoms with Gasteiger partial charge in [-0.1, -0.05) is 0 Å². The number of nitrogens with one attached hydrogen (secondary N) is 1. The SMILES string of the molecule is COC(=O)c1ccc(N2CCC(C)NC(C)C2)cc1. The van der Waals surface area contributed by atoms with Gasteiger partial charge in [-0.15, -0.1) is 0 Å². The van der Waals surface area contributed by atoms with Crippen LogP contribution < -0.4 is 10.2 Å². The van der Waals surface area contributed by atoms with E-state index < -0.39 is 0 Å². The lowest BCUT2D eigenvalue weighted by atomic mass is 10.2. The van der Waals surface area contributed by atoms with E-state index >= 15 is 0 Å². The molecule has 1 aliphatic heterocycles. The van der Waals surface area contributed by atoms with Crippen molar-refractivity contribution in [3.05, 3.63) is 29.8 Å². The topological polar surface area (TPSA) is 41.6 Å². The van der Waals surface area contributed by atoms with Crippen LogP contribution in [0.3, 0.4) is 0 Å². The lowest BCUT2D eigenvalue weighted by Crippen LogP contribution is -2.37. The molecular weight excluding hydrogens is 240 g/mol. The van der Waals surface area contributed by atoms with E-state index in [1.807, 2.05) is 24.3 Å². The van der Waals surface area contributed by atoms with E-state index in [0.29, 0.717) is 17.6 Å². The second-order valence-electron chi connectivity index (χ2n) is 5.24. The van der Waals surface area contributed by atoms with Crippen molar-refractivity contribution in [2.45, 2.75) is 32.4 Å². The Hall–Kier alpha value is -1.55. The van der Waals surface area contributed by atoms with Gasteiger partial charge in [0, 0.05) is 30.9 Å². The molecule has 4 nitrogen and oxygen atoms in total. The first-order valence-corrected chi connectivity index (χ1v) is 6.79. The summed E-state index contributed by atoms with van der Waals surface area (Å²) in [6.45, 7) is 6.45. The van der Waals surface area contributed by atoms with Crippen LogP contribution in [0, 0.1) is 0 Å². The van der Waals surface area contributed by atoms with E-state index in [-0.39, 0.29) is 5.97 Å². The predicted octanol–water partition coefficient (Wildman–Crippen LogP) is 2.05. The van der Waals surface area contributed by atoms with Crippen LogP contribution in [-0.4, -0.2) is 38.3 Å². The van der Waals surface area contributed by atoms with Crippen LogP contribution in [-0.2, 0) is 4.74 Å². The van der Waals surface area contributed by atoms with E-state index in [1.165, 1.54) is 7.11 Å². The minimum absolute atomic E-state index is 0.286.